The van der Waals surface area contributed by atoms with E-state index in [1.165, 1.54) is 0 Å². The highest BCUT2D eigenvalue weighted by atomic mass is 32.2. The van der Waals surface area contributed by atoms with E-state index in [0.717, 1.165) is 6.92 Å². The van der Waals surface area contributed by atoms with Gasteiger partial charge in [-0.05, 0) is 19.8 Å². The van der Waals surface area contributed by atoms with Crippen LogP contribution >= 0.6 is 0 Å². The van der Waals surface area contributed by atoms with Crippen LogP contribution < -0.4 is 0 Å². The molecule has 0 aromatic heterocycles. The van der Waals surface area contributed by atoms with E-state index >= 15 is 0 Å². The number of carboxylic acids is 1. The van der Waals surface area contributed by atoms with Gasteiger partial charge in [0.05, 0.1) is 0 Å². The predicted molar refractivity (Wildman–Crippen MR) is 51.8 cm³/mol. The maximum atomic E-state index is 12.2. The first-order chi connectivity index (χ1) is 7.55. The van der Waals surface area contributed by atoms with Gasteiger partial charge in [0, 0.05) is 6.04 Å². The fourth-order valence-corrected chi connectivity index (χ4v) is 2.91. The lowest BCUT2D eigenvalue weighted by molar-refractivity contribution is -0.139. The molecule has 1 N–H and O–H groups in total. The summed E-state index contributed by atoms with van der Waals surface area (Å²) in [4.78, 5) is 10.6. The Bertz CT molecular complexity index is 401. The van der Waals surface area contributed by atoms with Crippen molar-refractivity contribution in [2.24, 2.45) is 0 Å². The van der Waals surface area contributed by atoms with E-state index in [4.69, 9.17) is 5.11 Å². The molecule has 0 spiro atoms. The molecule has 1 rings (SSSR count). The molecule has 1 fully saturated rings. The number of carboxylic acid groups (broad SMARTS) is 1. The van der Waals surface area contributed by atoms with E-state index in [2.05, 4.69) is 0 Å². The molecule has 1 atom stereocenters. The summed E-state index contributed by atoms with van der Waals surface area (Å²) in [6.07, 6.45) is -4.00. The average molecular weight is 275 g/mol. The lowest BCUT2D eigenvalue weighted by Crippen LogP contribution is -2.46. The molecule has 17 heavy (non-hydrogen) atoms. The van der Waals surface area contributed by atoms with Crippen molar-refractivity contribution in [1.29, 1.82) is 0 Å². The maximum absolute atomic E-state index is 12.2. The molecule has 0 bridgehead atoms. The molecule has 1 unspecified atom stereocenters. The van der Waals surface area contributed by atoms with Crippen molar-refractivity contribution < 1.29 is 31.5 Å². The molecule has 9 heteroatoms. The third kappa shape index (κ3) is 3.56. The third-order valence-electron chi connectivity index (χ3n) is 2.41. The summed E-state index contributed by atoms with van der Waals surface area (Å²) in [5.74, 6) is -1.65. The van der Waals surface area contributed by atoms with Gasteiger partial charge < -0.3 is 5.11 Å². The first-order valence-electron chi connectivity index (χ1n) is 4.86. The van der Waals surface area contributed by atoms with Crippen LogP contribution in [0.4, 0.5) is 13.2 Å². The number of aliphatic carboxylic acids is 1. The lowest BCUT2D eigenvalue weighted by atomic mass is 10.5. The van der Waals surface area contributed by atoms with Gasteiger partial charge in [0.2, 0.25) is 10.0 Å². The fraction of sp³-hybridized carbons (Fsp3) is 0.875. The molecule has 0 saturated heterocycles. The molecule has 0 aromatic rings. The first kappa shape index (κ1) is 14.2. The van der Waals surface area contributed by atoms with Crippen molar-refractivity contribution in [2.75, 3.05) is 6.54 Å². The van der Waals surface area contributed by atoms with Gasteiger partial charge in [0.1, 0.15) is 6.54 Å². The Morgan fingerprint density at radius 3 is 2.24 bits per heavy atom. The Labute approximate surface area is 96.3 Å². The molecule has 1 saturated carbocycles. The van der Waals surface area contributed by atoms with Crippen LogP contribution in [0.15, 0.2) is 0 Å². The summed E-state index contributed by atoms with van der Waals surface area (Å²) >= 11 is 0. The lowest BCUT2D eigenvalue weighted by Gasteiger charge is -2.24. The van der Waals surface area contributed by atoms with E-state index < -0.39 is 40.0 Å². The van der Waals surface area contributed by atoms with Crippen LogP contribution in [0.2, 0.25) is 0 Å². The van der Waals surface area contributed by atoms with Gasteiger partial charge in [-0.3, -0.25) is 4.79 Å². The SMILES string of the molecule is CC(C(=O)O)S(=O)(=O)N(CC(F)(F)F)C1CC1. The summed E-state index contributed by atoms with van der Waals surface area (Å²) in [5.41, 5.74) is 0. The highest BCUT2D eigenvalue weighted by molar-refractivity contribution is 7.90. The molecular weight excluding hydrogens is 263 g/mol. The topological polar surface area (TPSA) is 74.7 Å². The Morgan fingerprint density at radius 2 is 1.94 bits per heavy atom. The van der Waals surface area contributed by atoms with Gasteiger partial charge in [-0.15, -0.1) is 0 Å². The number of hydrogen-bond donors (Lipinski definition) is 1. The first-order valence-corrected chi connectivity index (χ1v) is 6.36. The number of hydrogen-bond acceptors (Lipinski definition) is 3. The van der Waals surface area contributed by atoms with E-state index in [1.54, 1.807) is 0 Å². The number of halogens is 3. The second-order valence-corrected chi connectivity index (χ2v) is 6.12. The van der Waals surface area contributed by atoms with Crippen LogP contribution in [0.25, 0.3) is 0 Å². The molecule has 0 aliphatic heterocycles. The minimum Gasteiger partial charge on any atom is -0.480 e. The molecule has 1 aliphatic carbocycles. The molecule has 0 heterocycles. The van der Waals surface area contributed by atoms with E-state index in [1.807, 2.05) is 0 Å². The van der Waals surface area contributed by atoms with Crippen molar-refractivity contribution in [3.05, 3.63) is 0 Å². The molecule has 0 radical (unpaired) electrons. The van der Waals surface area contributed by atoms with Crippen molar-refractivity contribution in [1.82, 2.24) is 4.31 Å². The summed E-state index contributed by atoms with van der Waals surface area (Å²) < 4.78 is 60.3. The van der Waals surface area contributed by atoms with Crippen molar-refractivity contribution >= 4 is 16.0 Å². The zero-order valence-electron chi connectivity index (χ0n) is 8.94. The van der Waals surface area contributed by atoms with E-state index in [9.17, 15) is 26.4 Å². The molecular formula is C8H12F3NO4S. The van der Waals surface area contributed by atoms with Gasteiger partial charge >= 0.3 is 12.1 Å². The van der Waals surface area contributed by atoms with Crippen LogP contribution in [0.5, 0.6) is 0 Å². The molecule has 0 aromatic carbocycles. The highest BCUT2D eigenvalue weighted by Gasteiger charge is 2.47. The van der Waals surface area contributed by atoms with E-state index in [0.29, 0.717) is 12.8 Å². The van der Waals surface area contributed by atoms with Gasteiger partial charge in [0.25, 0.3) is 0 Å². The summed E-state index contributed by atoms with van der Waals surface area (Å²) in [6, 6.07) is -0.719. The highest BCUT2D eigenvalue weighted by Crippen LogP contribution is 2.33. The summed E-state index contributed by atoms with van der Waals surface area (Å²) in [7, 11) is -4.46. The van der Waals surface area contributed by atoms with Crippen molar-refractivity contribution in [3.8, 4) is 0 Å². The zero-order valence-corrected chi connectivity index (χ0v) is 9.75. The van der Waals surface area contributed by atoms with Crippen molar-refractivity contribution in [3.63, 3.8) is 0 Å². The largest absolute Gasteiger partial charge is 0.480 e. The number of nitrogens with zero attached hydrogens (tertiary/aromatic N) is 1. The average Bonchev–Trinajstić information content (AvgIpc) is 2.94. The minimum absolute atomic E-state index is 0.256. The van der Waals surface area contributed by atoms with E-state index in [-0.39, 0.29) is 4.31 Å². The quantitative estimate of drug-likeness (QED) is 0.806. The summed E-state index contributed by atoms with van der Waals surface area (Å²) in [6.45, 7) is -0.763. The number of alkyl halides is 3. The summed E-state index contributed by atoms with van der Waals surface area (Å²) in [5, 5.41) is 6.71. The number of carbonyl (C=O) groups is 1. The van der Waals surface area contributed by atoms with Crippen LogP contribution in [0.3, 0.4) is 0 Å². The Hall–Kier alpha value is -0.830. The van der Waals surface area contributed by atoms with Crippen LogP contribution in [-0.4, -0.2) is 47.8 Å². The zero-order chi connectivity index (χ0) is 13.4. The Kier molecular flexibility index (Phi) is 3.72. The predicted octanol–water partition coefficient (Wildman–Crippen LogP) is 0.816. The second kappa shape index (κ2) is 4.45. The second-order valence-electron chi connectivity index (χ2n) is 3.92. The van der Waals surface area contributed by atoms with Crippen molar-refractivity contribution in [2.45, 2.75) is 37.2 Å². The molecule has 0 amide bonds. The Balaban J connectivity index is 2.94. The van der Waals surface area contributed by atoms with Gasteiger partial charge in [-0.25, -0.2) is 8.42 Å². The Morgan fingerprint density at radius 1 is 1.47 bits per heavy atom. The smallest absolute Gasteiger partial charge is 0.402 e. The minimum atomic E-state index is -4.67. The van der Waals surface area contributed by atoms with Crippen LogP contribution in [0, 0.1) is 0 Å². The molecule has 1 aliphatic rings. The number of sulfonamides is 1. The van der Waals surface area contributed by atoms with Gasteiger partial charge in [0.15, 0.2) is 5.25 Å². The number of rotatable bonds is 5. The molecule has 100 valence electrons. The standard InChI is InChI=1S/C8H12F3NO4S/c1-5(7(13)14)17(15,16)12(6-2-3-6)4-8(9,10)11/h5-6H,2-4H2,1H3,(H,13,14). The van der Waals surface area contributed by atoms with Gasteiger partial charge in [-0.1, -0.05) is 0 Å². The maximum Gasteiger partial charge on any atom is 0.402 e. The molecule has 5 nitrogen and oxygen atoms in total. The normalized spacial score (nSPS) is 19.4. The van der Waals surface area contributed by atoms with Crippen LogP contribution in [-0.2, 0) is 14.8 Å². The fourth-order valence-electron chi connectivity index (χ4n) is 1.30. The van der Waals surface area contributed by atoms with Crippen LogP contribution in [0.1, 0.15) is 19.8 Å². The third-order valence-corrected chi connectivity index (χ3v) is 4.59. The monoisotopic (exact) mass is 275 g/mol. The van der Waals surface area contributed by atoms with Gasteiger partial charge in [-0.2, -0.15) is 17.5 Å².